The van der Waals surface area contributed by atoms with E-state index in [1.54, 1.807) is 18.4 Å². The molecule has 17 heavy (non-hydrogen) atoms. The summed E-state index contributed by atoms with van der Waals surface area (Å²) in [6.07, 6.45) is 1.01. The van der Waals surface area contributed by atoms with Crippen LogP contribution in [0.3, 0.4) is 0 Å². The number of rotatable bonds is 3. The normalized spacial score (nSPS) is 10.5. The zero-order valence-electron chi connectivity index (χ0n) is 10.4. The summed E-state index contributed by atoms with van der Waals surface area (Å²) in [7, 11) is 1.70. The molecule has 0 amide bonds. The average molecular weight is 247 g/mol. The molecule has 0 atom stereocenters. The molecule has 0 aliphatic carbocycles. The highest BCUT2D eigenvalue weighted by atomic mass is 32.1. The largest absolute Gasteiger partial charge is 0.496 e. The van der Waals surface area contributed by atoms with Gasteiger partial charge in [0.25, 0.3) is 0 Å². The van der Waals surface area contributed by atoms with Crippen molar-refractivity contribution >= 4 is 17.0 Å². The number of nitrogens with two attached hydrogens (primary N) is 1. The molecule has 0 aliphatic heterocycles. The van der Waals surface area contributed by atoms with Gasteiger partial charge in [-0.1, -0.05) is 13.0 Å². The molecule has 0 aliphatic rings. The number of thiophene rings is 1. The van der Waals surface area contributed by atoms with Crippen LogP contribution in [0.2, 0.25) is 0 Å². The van der Waals surface area contributed by atoms with Gasteiger partial charge in [0.2, 0.25) is 0 Å². The first kappa shape index (κ1) is 12.0. The number of hydrogen-bond donors (Lipinski definition) is 1. The zero-order valence-corrected chi connectivity index (χ0v) is 11.2. The van der Waals surface area contributed by atoms with Gasteiger partial charge in [-0.15, -0.1) is 11.3 Å². The second-order valence-corrected chi connectivity index (χ2v) is 5.09. The first-order valence-electron chi connectivity index (χ1n) is 5.68. The van der Waals surface area contributed by atoms with E-state index in [0.29, 0.717) is 0 Å². The first-order valence-corrected chi connectivity index (χ1v) is 6.56. The van der Waals surface area contributed by atoms with Crippen molar-refractivity contribution in [3.05, 3.63) is 34.0 Å². The number of nitrogen functional groups attached to an aromatic ring is 1. The minimum absolute atomic E-state index is 0.832. The third-order valence-electron chi connectivity index (χ3n) is 2.94. The Morgan fingerprint density at radius 1 is 1.35 bits per heavy atom. The molecule has 2 nitrogen and oxygen atoms in total. The fourth-order valence-electron chi connectivity index (χ4n) is 1.99. The average Bonchev–Trinajstić information content (AvgIpc) is 2.68. The number of methoxy groups -OCH3 is 1. The number of hydrogen-bond acceptors (Lipinski definition) is 3. The summed E-state index contributed by atoms with van der Waals surface area (Å²) in [5.74, 6) is 0.885. The molecule has 0 saturated heterocycles. The van der Waals surface area contributed by atoms with Gasteiger partial charge in [-0.05, 0) is 31.0 Å². The second-order valence-electron chi connectivity index (χ2n) is 4.01. The van der Waals surface area contributed by atoms with Gasteiger partial charge in [-0.3, -0.25) is 0 Å². The van der Waals surface area contributed by atoms with Gasteiger partial charge in [-0.25, -0.2) is 0 Å². The van der Waals surface area contributed by atoms with E-state index >= 15 is 0 Å². The Labute approximate surface area is 106 Å². The van der Waals surface area contributed by atoms with E-state index in [9.17, 15) is 0 Å². The van der Waals surface area contributed by atoms with Gasteiger partial charge in [0.05, 0.1) is 12.8 Å². The quantitative estimate of drug-likeness (QED) is 0.893. The molecule has 1 aromatic carbocycles. The predicted molar refractivity (Wildman–Crippen MR) is 74.8 cm³/mol. The molecule has 90 valence electrons. The molecule has 1 aromatic heterocycles. The Bertz CT molecular complexity index is 512. The fourth-order valence-corrected chi connectivity index (χ4v) is 2.76. The Morgan fingerprint density at radius 3 is 2.65 bits per heavy atom. The standard InChI is InChI=1S/C14H17NOS/c1-4-10-5-6-13(16-3)11(7-10)14-9(2)17-8-12(14)15/h5-8H,4,15H2,1-3H3. The lowest BCUT2D eigenvalue weighted by atomic mass is 10.0. The SMILES string of the molecule is CCc1ccc(OC)c(-c2c(N)csc2C)c1. The maximum Gasteiger partial charge on any atom is 0.126 e. The summed E-state index contributed by atoms with van der Waals surface area (Å²) < 4.78 is 5.43. The molecule has 2 rings (SSSR count). The maximum atomic E-state index is 6.04. The topological polar surface area (TPSA) is 35.2 Å². The lowest BCUT2D eigenvalue weighted by molar-refractivity contribution is 0.416. The van der Waals surface area contributed by atoms with Crippen molar-refractivity contribution in [3.8, 4) is 16.9 Å². The highest BCUT2D eigenvalue weighted by molar-refractivity contribution is 7.11. The predicted octanol–water partition coefficient (Wildman–Crippen LogP) is 3.88. The van der Waals surface area contributed by atoms with Crippen LogP contribution in [0.15, 0.2) is 23.6 Å². The van der Waals surface area contributed by atoms with Crippen molar-refractivity contribution in [1.82, 2.24) is 0 Å². The molecule has 0 spiro atoms. The smallest absolute Gasteiger partial charge is 0.126 e. The van der Waals surface area contributed by atoms with Crippen LogP contribution in [0.5, 0.6) is 5.75 Å². The summed E-state index contributed by atoms with van der Waals surface area (Å²) in [5.41, 5.74) is 10.4. The molecular weight excluding hydrogens is 230 g/mol. The van der Waals surface area contributed by atoms with Crippen LogP contribution >= 0.6 is 11.3 Å². The van der Waals surface area contributed by atoms with Crippen LogP contribution in [0.1, 0.15) is 17.4 Å². The minimum atomic E-state index is 0.832. The second kappa shape index (κ2) is 4.80. The summed E-state index contributed by atoms with van der Waals surface area (Å²) in [6, 6.07) is 6.29. The molecule has 1 heterocycles. The molecule has 0 bridgehead atoms. The molecule has 3 heteroatoms. The van der Waals surface area contributed by atoms with E-state index in [0.717, 1.165) is 29.0 Å². The van der Waals surface area contributed by atoms with Crippen LogP contribution in [0, 0.1) is 6.92 Å². The number of ether oxygens (including phenoxy) is 1. The molecular formula is C14H17NOS. The third-order valence-corrected chi connectivity index (χ3v) is 3.87. The van der Waals surface area contributed by atoms with E-state index in [1.165, 1.54) is 10.4 Å². The van der Waals surface area contributed by atoms with Crippen molar-refractivity contribution in [1.29, 1.82) is 0 Å². The third kappa shape index (κ3) is 2.15. The van der Waals surface area contributed by atoms with Gasteiger partial charge in [0.1, 0.15) is 5.75 Å². The van der Waals surface area contributed by atoms with E-state index < -0.39 is 0 Å². The Kier molecular flexibility index (Phi) is 3.38. The van der Waals surface area contributed by atoms with E-state index in [1.807, 2.05) is 11.4 Å². The molecule has 2 N–H and O–H groups in total. The van der Waals surface area contributed by atoms with Crippen LogP contribution in [-0.2, 0) is 6.42 Å². The highest BCUT2D eigenvalue weighted by Crippen LogP contribution is 2.39. The monoisotopic (exact) mass is 247 g/mol. The van der Waals surface area contributed by atoms with Crippen molar-refractivity contribution in [2.24, 2.45) is 0 Å². The van der Waals surface area contributed by atoms with E-state index in [2.05, 4.69) is 26.0 Å². The van der Waals surface area contributed by atoms with Crippen LogP contribution in [0.4, 0.5) is 5.69 Å². The van der Waals surface area contributed by atoms with Gasteiger partial charge in [0.15, 0.2) is 0 Å². The van der Waals surface area contributed by atoms with Gasteiger partial charge in [0, 0.05) is 21.4 Å². The van der Waals surface area contributed by atoms with Crippen molar-refractivity contribution in [2.45, 2.75) is 20.3 Å². The van der Waals surface area contributed by atoms with E-state index in [-0.39, 0.29) is 0 Å². The number of benzene rings is 1. The van der Waals surface area contributed by atoms with Crippen molar-refractivity contribution in [3.63, 3.8) is 0 Å². The van der Waals surface area contributed by atoms with Gasteiger partial charge < -0.3 is 10.5 Å². The number of anilines is 1. The highest BCUT2D eigenvalue weighted by Gasteiger charge is 2.13. The summed E-state index contributed by atoms with van der Waals surface area (Å²) in [5, 5.41) is 1.99. The molecule has 0 saturated carbocycles. The molecule has 0 unspecified atom stereocenters. The van der Waals surface area contributed by atoms with Crippen LogP contribution in [0.25, 0.3) is 11.1 Å². The zero-order chi connectivity index (χ0) is 12.4. The fraction of sp³-hybridized carbons (Fsp3) is 0.286. The Balaban J connectivity index is 2.64. The molecule has 0 fully saturated rings. The minimum Gasteiger partial charge on any atom is -0.496 e. The molecule has 2 aromatic rings. The van der Waals surface area contributed by atoms with Crippen molar-refractivity contribution < 1.29 is 4.74 Å². The number of aryl methyl sites for hydroxylation is 2. The van der Waals surface area contributed by atoms with Gasteiger partial charge >= 0.3 is 0 Å². The van der Waals surface area contributed by atoms with Crippen molar-refractivity contribution in [2.75, 3.05) is 12.8 Å². The molecule has 0 radical (unpaired) electrons. The van der Waals surface area contributed by atoms with Gasteiger partial charge in [-0.2, -0.15) is 0 Å². The first-order chi connectivity index (χ1) is 8.17. The lowest BCUT2D eigenvalue weighted by Crippen LogP contribution is -1.93. The maximum absolute atomic E-state index is 6.04. The lowest BCUT2D eigenvalue weighted by Gasteiger charge is -2.11. The summed E-state index contributed by atoms with van der Waals surface area (Å²) >= 11 is 1.68. The Morgan fingerprint density at radius 2 is 2.12 bits per heavy atom. The van der Waals surface area contributed by atoms with Crippen LogP contribution < -0.4 is 10.5 Å². The Hall–Kier alpha value is -1.48. The summed E-state index contributed by atoms with van der Waals surface area (Å²) in [4.78, 5) is 1.23. The van der Waals surface area contributed by atoms with Crippen LogP contribution in [-0.4, -0.2) is 7.11 Å². The summed E-state index contributed by atoms with van der Waals surface area (Å²) in [6.45, 7) is 4.24. The van der Waals surface area contributed by atoms with E-state index in [4.69, 9.17) is 10.5 Å².